The summed E-state index contributed by atoms with van der Waals surface area (Å²) in [6, 6.07) is 5.09. The molecule has 1 aromatic heterocycles. The molecule has 2 aromatic rings. The second-order valence-corrected chi connectivity index (χ2v) is 6.09. The van der Waals surface area contributed by atoms with Gasteiger partial charge in [0.1, 0.15) is 0 Å². The molecule has 1 unspecified atom stereocenters. The number of nitrogens with one attached hydrogen (secondary N) is 2. The highest BCUT2D eigenvalue weighted by atomic mass is 16.4. The number of aryl methyl sites for hydroxylation is 1. The molecule has 23 heavy (non-hydrogen) atoms. The minimum Gasteiger partial charge on any atom is -0.423 e. The summed E-state index contributed by atoms with van der Waals surface area (Å²) in [4.78, 5) is 12.0. The molecule has 1 aromatic carbocycles. The van der Waals surface area contributed by atoms with E-state index < -0.39 is 5.60 Å². The van der Waals surface area contributed by atoms with Crippen molar-refractivity contribution >= 4 is 11.7 Å². The number of rotatable bonds is 5. The Balaban J connectivity index is 2.05. The first kappa shape index (κ1) is 17.0. The molecule has 0 aliphatic heterocycles. The highest BCUT2D eigenvalue weighted by molar-refractivity contribution is 5.90. The Kier molecular flexibility index (Phi) is 5.00. The number of amides is 2. The number of benzene rings is 1. The second kappa shape index (κ2) is 6.78. The van der Waals surface area contributed by atoms with Crippen LogP contribution >= 0.6 is 0 Å². The Morgan fingerprint density at radius 1 is 1.43 bits per heavy atom. The minimum absolute atomic E-state index is 0.0328. The van der Waals surface area contributed by atoms with E-state index in [9.17, 15) is 9.90 Å². The second-order valence-electron chi connectivity index (χ2n) is 6.09. The number of urea groups is 1. The molecule has 0 spiro atoms. The molecule has 0 saturated heterocycles. The van der Waals surface area contributed by atoms with Crippen LogP contribution in [-0.4, -0.2) is 33.5 Å². The van der Waals surface area contributed by atoms with Crippen LogP contribution in [0.5, 0.6) is 0 Å². The van der Waals surface area contributed by atoms with Gasteiger partial charge in [-0.25, -0.2) is 4.79 Å². The minimum atomic E-state index is -0.960. The van der Waals surface area contributed by atoms with Crippen LogP contribution in [-0.2, 0) is 0 Å². The van der Waals surface area contributed by atoms with Gasteiger partial charge in [-0.2, -0.15) is 0 Å². The van der Waals surface area contributed by atoms with Crippen LogP contribution in [0.15, 0.2) is 29.0 Å². The average molecular weight is 318 g/mol. The normalized spacial score (nSPS) is 13.7. The summed E-state index contributed by atoms with van der Waals surface area (Å²) in [6.45, 7) is 7.55. The van der Waals surface area contributed by atoms with Crippen molar-refractivity contribution in [3.63, 3.8) is 0 Å². The molecule has 2 rings (SSSR count). The fourth-order valence-corrected chi connectivity index (χ4v) is 1.82. The largest absolute Gasteiger partial charge is 0.423 e. The van der Waals surface area contributed by atoms with Gasteiger partial charge in [-0.15, -0.1) is 10.2 Å². The Bertz CT molecular complexity index is 666. The lowest BCUT2D eigenvalue weighted by Crippen LogP contribution is -2.45. The van der Waals surface area contributed by atoms with Crippen LogP contribution in [0, 0.1) is 12.8 Å². The van der Waals surface area contributed by atoms with Crippen molar-refractivity contribution in [2.75, 3.05) is 11.9 Å². The number of aromatic nitrogens is 2. The predicted molar refractivity (Wildman–Crippen MR) is 87.0 cm³/mol. The average Bonchev–Trinajstić information content (AvgIpc) is 3.01. The zero-order valence-electron chi connectivity index (χ0n) is 13.8. The lowest BCUT2D eigenvalue weighted by atomic mass is 9.93. The quantitative estimate of drug-likeness (QED) is 0.786. The monoisotopic (exact) mass is 318 g/mol. The fraction of sp³-hybridized carbons (Fsp3) is 0.438. The maximum atomic E-state index is 12.0. The van der Waals surface area contributed by atoms with Crippen LogP contribution in [0.25, 0.3) is 11.5 Å². The fourth-order valence-electron chi connectivity index (χ4n) is 1.82. The first-order chi connectivity index (χ1) is 10.8. The Hall–Kier alpha value is -2.41. The molecule has 0 radical (unpaired) electrons. The van der Waals surface area contributed by atoms with Crippen LogP contribution in [0.2, 0.25) is 0 Å². The summed E-state index contributed by atoms with van der Waals surface area (Å²) in [5.41, 5.74) is 1.30. The van der Waals surface area contributed by atoms with E-state index >= 15 is 0 Å². The number of carbonyl (C=O) groups is 1. The van der Waals surface area contributed by atoms with Gasteiger partial charge in [0.15, 0.2) is 0 Å². The van der Waals surface area contributed by atoms with Gasteiger partial charge in [-0.3, -0.25) is 0 Å². The lowest BCUT2D eigenvalue weighted by Gasteiger charge is -2.27. The number of hydrogen-bond acceptors (Lipinski definition) is 5. The topological polar surface area (TPSA) is 100 Å². The molecule has 3 N–H and O–H groups in total. The summed E-state index contributed by atoms with van der Waals surface area (Å²) >= 11 is 0. The molecule has 2 amide bonds. The van der Waals surface area contributed by atoms with Crippen molar-refractivity contribution in [3.8, 4) is 11.5 Å². The van der Waals surface area contributed by atoms with E-state index in [2.05, 4.69) is 20.8 Å². The first-order valence-corrected chi connectivity index (χ1v) is 7.44. The SMILES string of the molecule is Cc1ccc(-c2nnco2)cc1NC(=O)NCC(C)(O)C(C)C. The van der Waals surface area contributed by atoms with Crippen molar-refractivity contribution in [3.05, 3.63) is 30.2 Å². The van der Waals surface area contributed by atoms with Gasteiger partial charge in [-0.05, 0) is 37.5 Å². The molecular formula is C16H22N4O3. The highest BCUT2D eigenvalue weighted by Crippen LogP contribution is 2.23. The third-order valence-electron chi connectivity index (χ3n) is 3.94. The van der Waals surface area contributed by atoms with Gasteiger partial charge in [0.2, 0.25) is 12.3 Å². The van der Waals surface area contributed by atoms with E-state index in [0.29, 0.717) is 11.6 Å². The third-order valence-corrected chi connectivity index (χ3v) is 3.94. The molecule has 0 saturated carbocycles. The van der Waals surface area contributed by atoms with Crippen molar-refractivity contribution in [1.82, 2.24) is 15.5 Å². The number of hydrogen-bond donors (Lipinski definition) is 3. The predicted octanol–water partition coefficient (Wildman–Crippen LogP) is 2.57. The summed E-state index contributed by atoms with van der Waals surface area (Å²) in [5, 5.41) is 23.1. The van der Waals surface area contributed by atoms with Gasteiger partial charge in [-0.1, -0.05) is 19.9 Å². The van der Waals surface area contributed by atoms with Crippen LogP contribution < -0.4 is 10.6 Å². The molecule has 1 atom stereocenters. The van der Waals surface area contributed by atoms with Gasteiger partial charge in [0, 0.05) is 17.8 Å². The third kappa shape index (κ3) is 4.29. The lowest BCUT2D eigenvalue weighted by molar-refractivity contribution is 0.0170. The summed E-state index contributed by atoms with van der Waals surface area (Å²) in [5.74, 6) is 0.418. The first-order valence-electron chi connectivity index (χ1n) is 7.44. The maximum absolute atomic E-state index is 12.0. The number of carbonyl (C=O) groups excluding carboxylic acids is 1. The van der Waals surface area contributed by atoms with E-state index in [1.807, 2.05) is 32.9 Å². The van der Waals surface area contributed by atoms with Crippen molar-refractivity contribution < 1.29 is 14.3 Å². The Labute approximate surface area is 135 Å². The summed E-state index contributed by atoms with van der Waals surface area (Å²) < 4.78 is 5.15. The zero-order valence-corrected chi connectivity index (χ0v) is 13.8. The standard InChI is InChI=1S/C16H22N4O3/c1-10(2)16(4,22)8-17-15(21)19-13-7-12(6-5-11(13)3)14-20-18-9-23-14/h5-7,9-10,22H,8H2,1-4H3,(H2,17,19,21). The van der Waals surface area contributed by atoms with Gasteiger partial charge >= 0.3 is 6.03 Å². The van der Waals surface area contributed by atoms with E-state index in [1.165, 1.54) is 6.39 Å². The molecule has 124 valence electrons. The van der Waals surface area contributed by atoms with E-state index in [-0.39, 0.29) is 18.5 Å². The van der Waals surface area contributed by atoms with Crippen molar-refractivity contribution in [2.24, 2.45) is 5.92 Å². The smallest absolute Gasteiger partial charge is 0.319 e. The van der Waals surface area contributed by atoms with Crippen molar-refractivity contribution in [1.29, 1.82) is 0 Å². The summed E-state index contributed by atoms with van der Waals surface area (Å²) in [7, 11) is 0. The molecule has 7 nitrogen and oxygen atoms in total. The molecule has 0 fully saturated rings. The van der Waals surface area contributed by atoms with Gasteiger partial charge < -0.3 is 20.2 Å². The molecule has 0 bridgehead atoms. The highest BCUT2D eigenvalue weighted by Gasteiger charge is 2.25. The van der Waals surface area contributed by atoms with Crippen molar-refractivity contribution in [2.45, 2.75) is 33.3 Å². The Morgan fingerprint density at radius 2 is 2.17 bits per heavy atom. The Morgan fingerprint density at radius 3 is 2.78 bits per heavy atom. The number of aliphatic hydroxyl groups is 1. The van der Waals surface area contributed by atoms with E-state index in [4.69, 9.17) is 4.42 Å². The molecule has 0 aliphatic rings. The summed E-state index contributed by atoms with van der Waals surface area (Å²) in [6.07, 6.45) is 1.25. The maximum Gasteiger partial charge on any atom is 0.319 e. The van der Waals surface area contributed by atoms with Gasteiger partial charge in [0.05, 0.1) is 5.60 Å². The molecular weight excluding hydrogens is 296 g/mol. The number of nitrogens with zero attached hydrogens (tertiary/aromatic N) is 2. The van der Waals surface area contributed by atoms with Crippen LogP contribution in [0.1, 0.15) is 26.3 Å². The molecule has 1 heterocycles. The van der Waals surface area contributed by atoms with E-state index in [1.54, 1.807) is 13.0 Å². The van der Waals surface area contributed by atoms with E-state index in [0.717, 1.165) is 11.1 Å². The van der Waals surface area contributed by atoms with Gasteiger partial charge in [0.25, 0.3) is 0 Å². The number of anilines is 1. The molecule has 7 heteroatoms. The van der Waals surface area contributed by atoms with Crippen LogP contribution in [0.3, 0.4) is 0 Å². The van der Waals surface area contributed by atoms with Crippen LogP contribution in [0.4, 0.5) is 10.5 Å². The molecule has 0 aliphatic carbocycles. The zero-order chi connectivity index (χ0) is 17.0.